The molecular formula is C22H28O2S. The van der Waals surface area contributed by atoms with Gasteiger partial charge in [-0.3, -0.25) is 4.79 Å². The fourth-order valence-electron chi connectivity index (χ4n) is 2.50. The molecule has 25 heavy (non-hydrogen) atoms. The second-order valence-corrected chi connectivity index (χ2v) is 7.26. The number of thioether (sulfide) groups is 1. The molecule has 0 heterocycles. The maximum Gasteiger partial charge on any atom is 0.224 e. The lowest BCUT2D eigenvalue weighted by Crippen LogP contribution is -1.98. The maximum absolute atomic E-state index is 12.4. The molecule has 2 aromatic rings. The molecular weight excluding hydrogens is 328 g/mol. The molecule has 0 aliphatic carbocycles. The van der Waals surface area contributed by atoms with E-state index in [2.05, 4.69) is 26.0 Å². The molecule has 2 aromatic carbocycles. The fourth-order valence-corrected chi connectivity index (χ4v) is 3.24. The van der Waals surface area contributed by atoms with Gasteiger partial charge in [0.25, 0.3) is 0 Å². The number of aryl methyl sites for hydroxylation is 1. The first-order valence-corrected chi connectivity index (χ1v) is 10.1. The summed E-state index contributed by atoms with van der Waals surface area (Å²) in [6.45, 7) is 5.11. The lowest BCUT2D eigenvalue weighted by atomic mass is 10.1. The van der Waals surface area contributed by atoms with Crippen molar-refractivity contribution in [3.8, 4) is 5.75 Å². The highest BCUT2D eigenvalue weighted by Gasteiger charge is 2.08. The van der Waals surface area contributed by atoms with Gasteiger partial charge in [-0.25, -0.2) is 0 Å². The van der Waals surface area contributed by atoms with E-state index in [-0.39, 0.29) is 5.12 Å². The van der Waals surface area contributed by atoms with Crippen LogP contribution in [0.15, 0.2) is 53.4 Å². The Kier molecular flexibility index (Phi) is 8.61. The number of carbonyl (C=O) groups excluding carboxylic acids is 1. The van der Waals surface area contributed by atoms with E-state index in [0.29, 0.717) is 5.56 Å². The molecule has 0 unspecified atom stereocenters. The van der Waals surface area contributed by atoms with Gasteiger partial charge in [0.15, 0.2) is 0 Å². The van der Waals surface area contributed by atoms with Crippen molar-refractivity contribution in [2.45, 2.75) is 57.3 Å². The third-order valence-corrected chi connectivity index (χ3v) is 4.99. The second kappa shape index (κ2) is 11.0. The normalized spacial score (nSPS) is 10.6. The van der Waals surface area contributed by atoms with Gasteiger partial charge in [0.05, 0.1) is 6.61 Å². The topological polar surface area (TPSA) is 26.3 Å². The molecule has 0 bridgehead atoms. The summed E-state index contributed by atoms with van der Waals surface area (Å²) in [5, 5.41) is 0.0684. The molecule has 0 aliphatic rings. The third kappa shape index (κ3) is 6.95. The highest BCUT2D eigenvalue weighted by Crippen LogP contribution is 2.24. The molecule has 2 nitrogen and oxygen atoms in total. The number of rotatable bonds is 10. The molecule has 0 amide bonds. The van der Waals surface area contributed by atoms with Crippen LogP contribution in [-0.2, 0) is 6.42 Å². The Morgan fingerprint density at radius 1 is 0.880 bits per heavy atom. The average Bonchev–Trinajstić information content (AvgIpc) is 2.65. The van der Waals surface area contributed by atoms with Gasteiger partial charge in [-0.1, -0.05) is 45.2 Å². The van der Waals surface area contributed by atoms with Crippen molar-refractivity contribution >= 4 is 16.9 Å². The molecule has 0 radical (unpaired) electrons. The number of benzene rings is 2. The van der Waals surface area contributed by atoms with Crippen molar-refractivity contribution in [2.75, 3.05) is 6.61 Å². The Morgan fingerprint density at radius 3 is 2.20 bits per heavy atom. The van der Waals surface area contributed by atoms with Gasteiger partial charge < -0.3 is 4.74 Å². The van der Waals surface area contributed by atoms with E-state index in [4.69, 9.17) is 4.74 Å². The van der Waals surface area contributed by atoms with E-state index < -0.39 is 0 Å². The average molecular weight is 357 g/mol. The Balaban J connectivity index is 1.85. The van der Waals surface area contributed by atoms with Crippen molar-refractivity contribution in [1.29, 1.82) is 0 Å². The van der Waals surface area contributed by atoms with E-state index in [9.17, 15) is 4.79 Å². The van der Waals surface area contributed by atoms with Gasteiger partial charge >= 0.3 is 0 Å². The Bertz CT molecular complexity index is 632. The van der Waals surface area contributed by atoms with Gasteiger partial charge in [0, 0.05) is 10.5 Å². The van der Waals surface area contributed by atoms with Gasteiger partial charge in [0.1, 0.15) is 5.75 Å². The van der Waals surface area contributed by atoms with Crippen LogP contribution in [0.2, 0.25) is 0 Å². The molecule has 2 rings (SSSR count). The van der Waals surface area contributed by atoms with E-state index in [1.165, 1.54) is 43.0 Å². The lowest BCUT2D eigenvalue weighted by Gasteiger charge is -2.07. The quantitative estimate of drug-likeness (QED) is 0.357. The van der Waals surface area contributed by atoms with E-state index in [1.807, 2.05) is 36.4 Å². The van der Waals surface area contributed by atoms with Crippen LogP contribution in [0.5, 0.6) is 5.75 Å². The van der Waals surface area contributed by atoms with Crippen LogP contribution in [0, 0.1) is 0 Å². The standard InChI is InChI=1S/C22H28O2S/c1-3-5-7-17-24-20-13-11-19(12-14-20)22(23)25-21-15-9-18(10-16-21)8-6-4-2/h9-16H,3-8,17H2,1-2H3. The summed E-state index contributed by atoms with van der Waals surface area (Å²) >= 11 is 1.28. The molecule has 0 atom stereocenters. The van der Waals surface area contributed by atoms with E-state index in [0.717, 1.165) is 30.1 Å². The van der Waals surface area contributed by atoms with Crippen LogP contribution < -0.4 is 4.74 Å². The van der Waals surface area contributed by atoms with Crippen LogP contribution in [-0.4, -0.2) is 11.7 Å². The molecule has 0 aliphatic heterocycles. The molecule has 134 valence electrons. The first-order chi connectivity index (χ1) is 12.2. The van der Waals surface area contributed by atoms with Crippen LogP contribution in [0.3, 0.4) is 0 Å². The SMILES string of the molecule is CCCCCOc1ccc(C(=O)Sc2ccc(CCCC)cc2)cc1. The molecule has 0 N–H and O–H groups in total. The predicted octanol–water partition coefficient (Wildman–Crippen LogP) is 6.53. The zero-order valence-electron chi connectivity index (χ0n) is 15.3. The van der Waals surface area contributed by atoms with Crippen molar-refractivity contribution in [3.63, 3.8) is 0 Å². The second-order valence-electron chi connectivity index (χ2n) is 6.22. The van der Waals surface area contributed by atoms with Crippen molar-refractivity contribution in [3.05, 3.63) is 59.7 Å². The number of unbranched alkanes of at least 4 members (excludes halogenated alkanes) is 3. The highest BCUT2D eigenvalue weighted by atomic mass is 32.2. The Morgan fingerprint density at radius 2 is 1.56 bits per heavy atom. The van der Waals surface area contributed by atoms with E-state index in [1.54, 1.807) is 0 Å². The molecule has 0 saturated carbocycles. The molecule has 0 saturated heterocycles. The number of hydrogen-bond acceptors (Lipinski definition) is 3. The molecule has 3 heteroatoms. The summed E-state index contributed by atoms with van der Waals surface area (Å²) in [6.07, 6.45) is 6.96. The molecule has 0 fully saturated rings. The zero-order chi connectivity index (χ0) is 17.9. The summed E-state index contributed by atoms with van der Waals surface area (Å²) in [6, 6.07) is 15.8. The minimum absolute atomic E-state index is 0.0684. The van der Waals surface area contributed by atoms with Gasteiger partial charge in [-0.2, -0.15) is 0 Å². The van der Waals surface area contributed by atoms with Gasteiger partial charge in [0.2, 0.25) is 5.12 Å². The van der Waals surface area contributed by atoms with E-state index >= 15 is 0 Å². The van der Waals surface area contributed by atoms with Crippen molar-refractivity contribution in [1.82, 2.24) is 0 Å². The van der Waals surface area contributed by atoms with Crippen molar-refractivity contribution in [2.24, 2.45) is 0 Å². The highest BCUT2D eigenvalue weighted by molar-refractivity contribution is 8.14. The largest absolute Gasteiger partial charge is 0.494 e. The number of hydrogen-bond donors (Lipinski definition) is 0. The van der Waals surface area contributed by atoms with Gasteiger partial charge in [-0.15, -0.1) is 0 Å². The fraction of sp³-hybridized carbons (Fsp3) is 0.409. The summed E-state index contributed by atoms with van der Waals surface area (Å²) < 4.78 is 5.69. The molecule has 0 spiro atoms. The maximum atomic E-state index is 12.4. The van der Waals surface area contributed by atoms with Crippen LogP contribution in [0.25, 0.3) is 0 Å². The zero-order valence-corrected chi connectivity index (χ0v) is 16.1. The summed E-state index contributed by atoms with van der Waals surface area (Å²) in [5.41, 5.74) is 2.05. The number of carbonyl (C=O) groups is 1. The Hall–Kier alpha value is -1.74. The summed E-state index contributed by atoms with van der Waals surface area (Å²) in [4.78, 5) is 13.4. The van der Waals surface area contributed by atoms with Gasteiger partial charge in [-0.05, 0) is 73.0 Å². The monoisotopic (exact) mass is 356 g/mol. The lowest BCUT2D eigenvalue weighted by molar-refractivity contribution is 0.108. The predicted molar refractivity (Wildman–Crippen MR) is 107 cm³/mol. The molecule has 0 aromatic heterocycles. The van der Waals surface area contributed by atoms with Crippen LogP contribution in [0.1, 0.15) is 61.9 Å². The van der Waals surface area contributed by atoms with Crippen LogP contribution >= 0.6 is 11.8 Å². The third-order valence-electron chi connectivity index (χ3n) is 4.06. The minimum Gasteiger partial charge on any atom is -0.494 e. The van der Waals surface area contributed by atoms with Crippen LogP contribution in [0.4, 0.5) is 0 Å². The summed E-state index contributed by atoms with van der Waals surface area (Å²) in [7, 11) is 0. The minimum atomic E-state index is 0.0684. The van der Waals surface area contributed by atoms with Crippen molar-refractivity contribution < 1.29 is 9.53 Å². The first kappa shape index (κ1) is 19.6. The number of ether oxygens (including phenoxy) is 1. The first-order valence-electron chi connectivity index (χ1n) is 9.27. The summed E-state index contributed by atoms with van der Waals surface area (Å²) in [5.74, 6) is 0.831. The smallest absolute Gasteiger partial charge is 0.224 e. The Labute approximate surface area is 156 Å².